The van der Waals surface area contributed by atoms with Gasteiger partial charge in [0, 0.05) is 27.2 Å². The van der Waals surface area contributed by atoms with Crippen LogP contribution in [0.15, 0.2) is 0 Å². The van der Waals surface area contributed by atoms with Gasteiger partial charge in [0.25, 0.3) is 0 Å². The van der Waals surface area contributed by atoms with Crippen molar-refractivity contribution in [2.45, 2.75) is 12.8 Å². The monoisotopic (exact) mass is 155 g/mol. The van der Waals surface area contributed by atoms with Gasteiger partial charge < -0.3 is 9.80 Å². The normalized spacial score (nSPS) is 18.2. The Morgan fingerprint density at radius 1 is 1.55 bits per heavy atom. The molecule has 2 amide bonds. The highest BCUT2D eigenvalue weighted by atomic mass is 16.2. The van der Waals surface area contributed by atoms with E-state index in [9.17, 15) is 4.79 Å². The Balaban J connectivity index is 2.39. The van der Waals surface area contributed by atoms with E-state index in [0.717, 1.165) is 25.9 Å². The van der Waals surface area contributed by atoms with Crippen molar-refractivity contribution in [3.63, 3.8) is 0 Å². The van der Waals surface area contributed by atoms with Crippen LogP contribution < -0.4 is 0 Å². The van der Waals surface area contributed by atoms with Crippen LogP contribution in [0.2, 0.25) is 0 Å². The molecule has 1 radical (unpaired) electrons. The molecule has 63 valence electrons. The molecule has 0 atom stereocenters. The Morgan fingerprint density at radius 2 is 2.27 bits per heavy atom. The fourth-order valence-corrected chi connectivity index (χ4v) is 1.22. The second kappa shape index (κ2) is 3.60. The summed E-state index contributed by atoms with van der Waals surface area (Å²) in [6.07, 6.45) is 4.42. The predicted octanol–water partition coefficient (Wildman–Crippen LogP) is 0.968. The topological polar surface area (TPSA) is 23.6 Å². The molecule has 1 fully saturated rings. The Hall–Kier alpha value is -0.730. The molecule has 1 aliphatic heterocycles. The lowest BCUT2D eigenvalue weighted by Crippen LogP contribution is -2.42. The van der Waals surface area contributed by atoms with Crippen LogP contribution in [-0.2, 0) is 0 Å². The third-order valence-corrected chi connectivity index (χ3v) is 1.84. The van der Waals surface area contributed by atoms with Crippen LogP contribution in [0.25, 0.3) is 0 Å². The van der Waals surface area contributed by atoms with E-state index < -0.39 is 0 Å². The average Bonchev–Trinajstić information content (AvgIpc) is 2.05. The van der Waals surface area contributed by atoms with Gasteiger partial charge in [0.1, 0.15) is 0 Å². The third kappa shape index (κ3) is 2.10. The molecule has 3 nitrogen and oxygen atoms in total. The van der Waals surface area contributed by atoms with Crippen LogP contribution >= 0.6 is 0 Å². The van der Waals surface area contributed by atoms with Crippen LogP contribution in [-0.4, -0.2) is 43.0 Å². The molecule has 1 heterocycles. The van der Waals surface area contributed by atoms with Gasteiger partial charge in [-0.25, -0.2) is 4.79 Å². The Bertz CT molecular complexity index is 139. The lowest BCUT2D eigenvalue weighted by Gasteiger charge is -2.29. The van der Waals surface area contributed by atoms with Gasteiger partial charge in [-0.1, -0.05) is 0 Å². The summed E-state index contributed by atoms with van der Waals surface area (Å²) in [6, 6.07) is 0.126. The number of hydrogen-bond donors (Lipinski definition) is 0. The summed E-state index contributed by atoms with van der Waals surface area (Å²) in [5.74, 6) is 0. The van der Waals surface area contributed by atoms with Crippen LogP contribution in [0.3, 0.4) is 0 Å². The Kier molecular flexibility index (Phi) is 2.74. The van der Waals surface area contributed by atoms with Crippen molar-refractivity contribution in [3.8, 4) is 0 Å². The maximum atomic E-state index is 11.3. The molecule has 0 aromatic rings. The first-order valence-corrected chi connectivity index (χ1v) is 3.99. The van der Waals surface area contributed by atoms with Crippen molar-refractivity contribution in [1.29, 1.82) is 0 Å². The van der Waals surface area contributed by atoms with E-state index in [-0.39, 0.29) is 6.03 Å². The van der Waals surface area contributed by atoms with Crippen LogP contribution in [0.4, 0.5) is 4.79 Å². The third-order valence-electron chi connectivity index (χ3n) is 1.84. The SMILES string of the molecule is CN(C)C(=O)N1C[CH]CCC1. The maximum Gasteiger partial charge on any atom is 0.319 e. The van der Waals surface area contributed by atoms with E-state index >= 15 is 0 Å². The number of carbonyl (C=O) groups excluding carboxylic acids is 1. The first kappa shape index (κ1) is 8.37. The van der Waals surface area contributed by atoms with Crippen molar-refractivity contribution in [2.24, 2.45) is 0 Å². The Morgan fingerprint density at radius 3 is 2.73 bits per heavy atom. The summed E-state index contributed by atoms with van der Waals surface area (Å²) in [7, 11) is 3.58. The standard InChI is InChI=1S/C8H15N2O/c1-9(2)8(11)10-6-4-3-5-7-10/h4H,3,5-7H2,1-2H3. The van der Waals surface area contributed by atoms with E-state index in [1.165, 1.54) is 0 Å². The second-order valence-electron chi connectivity index (χ2n) is 3.05. The number of amides is 2. The van der Waals surface area contributed by atoms with Crippen molar-refractivity contribution < 1.29 is 4.79 Å². The maximum absolute atomic E-state index is 11.3. The van der Waals surface area contributed by atoms with Crippen LogP contribution in [0, 0.1) is 6.42 Å². The van der Waals surface area contributed by atoms with Crippen molar-refractivity contribution in [2.75, 3.05) is 27.2 Å². The summed E-state index contributed by atoms with van der Waals surface area (Å²) in [6.45, 7) is 1.73. The van der Waals surface area contributed by atoms with Crippen molar-refractivity contribution in [3.05, 3.63) is 6.42 Å². The minimum atomic E-state index is 0.126. The number of urea groups is 1. The molecule has 11 heavy (non-hydrogen) atoms. The van der Waals surface area contributed by atoms with Gasteiger partial charge in [-0.15, -0.1) is 0 Å². The number of nitrogens with zero attached hydrogens (tertiary/aromatic N) is 2. The molecule has 0 N–H and O–H groups in total. The Labute approximate surface area is 68.0 Å². The summed E-state index contributed by atoms with van der Waals surface area (Å²) in [5, 5.41) is 0. The van der Waals surface area contributed by atoms with Gasteiger partial charge in [0.05, 0.1) is 0 Å². The summed E-state index contributed by atoms with van der Waals surface area (Å²) < 4.78 is 0. The number of likely N-dealkylation sites (tertiary alicyclic amines) is 1. The van der Waals surface area contributed by atoms with Gasteiger partial charge in [0.2, 0.25) is 0 Å². The van der Waals surface area contributed by atoms with Crippen LogP contribution in [0.1, 0.15) is 12.8 Å². The molecule has 0 aromatic heterocycles. The molecule has 0 unspecified atom stereocenters. The quantitative estimate of drug-likeness (QED) is 0.511. The van der Waals surface area contributed by atoms with E-state index in [2.05, 4.69) is 6.42 Å². The molecule has 0 saturated carbocycles. The zero-order valence-corrected chi connectivity index (χ0v) is 7.21. The van der Waals surface area contributed by atoms with Gasteiger partial charge in [0.15, 0.2) is 0 Å². The first-order valence-electron chi connectivity index (χ1n) is 3.99. The molecule has 1 aliphatic rings. The molecule has 0 spiro atoms. The van der Waals surface area contributed by atoms with Gasteiger partial charge in [-0.3, -0.25) is 0 Å². The van der Waals surface area contributed by atoms with Crippen molar-refractivity contribution >= 4 is 6.03 Å². The second-order valence-corrected chi connectivity index (χ2v) is 3.05. The van der Waals surface area contributed by atoms with E-state index in [1.807, 2.05) is 4.90 Å². The van der Waals surface area contributed by atoms with E-state index in [0.29, 0.717) is 0 Å². The lowest BCUT2D eigenvalue weighted by atomic mass is 10.1. The molecule has 3 heteroatoms. The summed E-state index contributed by atoms with van der Waals surface area (Å²) in [5.41, 5.74) is 0. The predicted molar refractivity (Wildman–Crippen MR) is 44.2 cm³/mol. The average molecular weight is 155 g/mol. The summed E-state index contributed by atoms with van der Waals surface area (Å²) in [4.78, 5) is 14.8. The van der Waals surface area contributed by atoms with Gasteiger partial charge in [-0.2, -0.15) is 0 Å². The lowest BCUT2D eigenvalue weighted by molar-refractivity contribution is 0.169. The fourth-order valence-electron chi connectivity index (χ4n) is 1.22. The molecule has 1 rings (SSSR count). The number of hydrogen-bond acceptors (Lipinski definition) is 1. The van der Waals surface area contributed by atoms with Gasteiger partial charge in [-0.05, 0) is 19.3 Å². The molecule has 1 saturated heterocycles. The molecular formula is C8H15N2O. The number of carbonyl (C=O) groups is 1. The molecule has 0 bridgehead atoms. The molecule has 0 aliphatic carbocycles. The first-order chi connectivity index (χ1) is 5.22. The highest BCUT2D eigenvalue weighted by molar-refractivity contribution is 5.74. The minimum Gasteiger partial charge on any atom is -0.331 e. The number of rotatable bonds is 0. The largest absolute Gasteiger partial charge is 0.331 e. The van der Waals surface area contributed by atoms with E-state index in [1.54, 1.807) is 19.0 Å². The molecular weight excluding hydrogens is 140 g/mol. The number of piperidine rings is 1. The highest BCUT2D eigenvalue weighted by Crippen LogP contribution is 2.08. The van der Waals surface area contributed by atoms with E-state index in [4.69, 9.17) is 0 Å². The zero-order valence-electron chi connectivity index (χ0n) is 7.21. The smallest absolute Gasteiger partial charge is 0.319 e. The molecule has 0 aromatic carbocycles. The highest BCUT2D eigenvalue weighted by Gasteiger charge is 2.17. The van der Waals surface area contributed by atoms with Crippen LogP contribution in [0.5, 0.6) is 0 Å². The fraction of sp³-hybridized carbons (Fsp3) is 0.750. The minimum absolute atomic E-state index is 0.126. The van der Waals surface area contributed by atoms with Gasteiger partial charge >= 0.3 is 6.03 Å². The van der Waals surface area contributed by atoms with Crippen molar-refractivity contribution in [1.82, 2.24) is 9.80 Å². The summed E-state index contributed by atoms with van der Waals surface area (Å²) >= 11 is 0. The zero-order chi connectivity index (χ0) is 8.27.